The van der Waals surface area contributed by atoms with Crippen molar-refractivity contribution in [2.45, 2.75) is 6.42 Å². The fourth-order valence-corrected chi connectivity index (χ4v) is 2.28. The van der Waals surface area contributed by atoms with Gasteiger partial charge in [-0.3, -0.25) is 4.79 Å². The van der Waals surface area contributed by atoms with E-state index < -0.39 is 0 Å². The van der Waals surface area contributed by atoms with E-state index in [9.17, 15) is 4.79 Å². The second-order valence-electron chi connectivity index (χ2n) is 4.18. The molecule has 1 unspecified atom stereocenters. The van der Waals surface area contributed by atoms with Gasteiger partial charge < -0.3 is 9.64 Å². The van der Waals surface area contributed by atoms with E-state index in [-0.39, 0.29) is 11.8 Å². The molecule has 2 rings (SSSR count). The Bertz CT molecular complexity index is 484. The fourth-order valence-electron chi connectivity index (χ4n) is 1.91. The molecule has 1 heterocycles. The van der Waals surface area contributed by atoms with Crippen LogP contribution in [0.15, 0.2) is 28.7 Å². The molecule has 0 saturated carbocycles. The summed E-state index contributed by atoms with van der Waals surface area (Å²) in [6, 6.07) is 9.70. The monoisotopic (exact) mass is 308 g/mol. The molecule has 1 aliphatic heterocycles. The van der Waals surface area contributed by atoms with E-state index >= 15 is 0 Å². The lowest BCUT2D eigenvalue weighted by Gasteiger charge is -2.16. The molecule has 1 aliphatic rings. The Morgan fingerprint density at radius 2 is 2.39 bits per heavy atom. The van der Waals surface area contributed by atoms with Gasteiger partial charge in [-0.1, -0.05) is 22.0 Å². The van der Waals surface area contributed by atoms with Gasteiger partial charge in [0.05, 0.1) is 18.5 Å². The smallest absolute Gasteiger partial charge is 0.224 e. The summed E-state index contributed by atoms with van der Waals surface area (Å²) in [7, 11) is 0. The van der Waals surface area contributed by atoms with Crippen LogP contribution in [-0.4, -0.2) is 30.5 Å². The van der Waals surface area contributed by atoms with Crippen LogP contribution >= 0.6 is 15.9 Å². The third kappa shape index (κ3) is 3.23. The van der Waals surface area contributed by atoms with Gasteiger partial charge in [0.15, 0.2) is 0 Å². The number of hydrogen-bond donors (Lipinski definition) is 0. The molecule has 0 N–H and O–H groups in total. The first-order chi connectivity index (χ1) is 8.69. The summed E-state index contributed by atoms with van der Waals surface area (Å²) in [6.07, 6.45) is 0.341. The molecule has 94 valence electrons. The van der Waals surface area contributed by atoms with Crippen molar-refractivity contribution in [1.29, 1.82) is 5.26 Å². The number of likely N-dealkylation sites (tertiary alicyclic amines) is 1. The summed E-state index contributed by atoms with van der Waals surface area (Å²) in [5.74, 6) is 0.649. The Balaban J connectivity index is 1.79. The summed E-state index contributed by atoms with van der Waals surface area (Å²) >= 11 is 3.37. The number of rotatable bonds is 4. The van der Waals surface area contributed by atoms with Crippen molar-refractivity contribution in [3.63, 3.8) is 0 Å². The van der Waals surface area contributed by atoms with E-state index in [4.69, 9.17) is 10.00 Å². The number of hydrogen-bond acceptors (Lipinski definition) is 3. The number of nitrogens with zero attached hydrogens (tertiary/aromatic N) is 2. The molecule has 0 spiro atoms. The van der Waals surface area contributed by atoms with Crippen LogP contribution in [0.5, 0.6) is 5.75 Å². The van der Waals surface area contributed by atoms with Crippen molar-refractivity contribution in [2.75, 3.05) is 19.7 Å². The van der Waals surface area contributed by atoms with E-state index in [0.717, 1.165) is 10.2 Å². The molecule has 4 nitrogen and oxygen atoms in total. The third-order valence-corrected chi connectivity index (χ3v) is 3.32. The van der Waals surface area contributed by atoms with Gasteiger partial charge in [0.1, 0.15) is 12.4 Å². The standard InChI is InChI=1S/C13H13BrN2O2/c14-11-2-1-3-12(7-11)18-5-4-16-9-10(8-15)6-13(16)17/h1-3,7,10H,4-6,9H2. The van der Waals surface area contributed by atoms with Crippen LogP contribution in [-0.2, 0) is 4.79 Å². The molecule has 1 amide bonds. The van der Waals surface area contributed by atoms with Crippen LogP contribution in [0.1, 0.15) is 6.42 Å². The van der Waals surface area contributed by atoms with Crippen LogP contribution in [0.4, 0.5) is 0 Å². The molecule has 0 bridgehead atoms. The van der Waals surface area contributed by atoms with E-state index in [0.29, 0.717) is 26.1 Å². The first-order valence-electron chi connectivity index (χ1n) is 5.75. The molecule has 1 fully saturated rings. The topological polar surface area (TPSA) is 53.3 Å². The molecule has 1 saturated heterocycles. The lowest BCUT2D eigenvalue weighted by Crippen LogP contribution is -2.29. The normalized spacial score (nSPS) is 18.8. The Morgan fingerprint density at radius 1 is 1.56 bits per heavy atom. The average Bonchev–Trinajstić information content (AvgIpc) is 2.71. The summed E-state index contributed by atoms with van der Waals surface area (Å²) < 4.78 is 6.52. The molecule has 1 atom stereocenters. The molecule has 0 aromatic heterocycles. The highest BCUT2D eigenvalue weighted by molar-refractivity contribution is 9.10. The van der Waals surface area contributed by atoms with Crippen LogP contribution < -0.4 is 4.74 Å². The van der Waals surface area contributed by atoms with Crippen LogP contribution in [0.3, 0.4) is 0 Å². The second-order valence-corrected chi connectivity index (χ2v) is 5.09. The van der Waals surface area contributed by atoms with E-state index in [1.54, 1.807) is 4.90 Å². The SMILES string of the molecule is N#CC1CC(=O)N(CCOc2cccc(Br)c2)C1. The van der Waals surface area contributed by atoms with Gasteiger partial charge >= 0.3 is 0 Å². The number of benzene rings is 1. The molecule has 1 aromatic rings. The Kier molecular flexibility index (Phi) is 4.21. The van der Waals surface area contributed by atoms with E-state index in [1.165, 1.54) is 0 Å². The minimum absolute atomic E-state index is 0.0411. The highest BCUT2D eigenvalue weighted by Crippen LogP contribution is 2.19. The molecule has 5 heteroatoms. The first-order valence-corrected chi connectivity index (χ1v) is 6.54. The molecule has 1 aromatic carbocycles. The van der Waals surface area contributed by atoms with Crippen molar-refractivity contribution in [3.05, 3.63) is 28.7 Å². The van der Waals surface area contributed by atoms with Crippen molar-refractivity contribution < 1.29 is 9.53 Å². The molecule has 18 heavy (non-hydrogen) atoms. The number of carbonyl (C=O) groups excluding carboxylic acids is 1. The van der Waals surface area contributed by atoms with Gasteiger partial charge in [0.25, 0.3) is 0 Å². The fraction of sp³-hybridized carbons (Fsp3) is 0.385. The zero-order chi connectivity index (χ0) is 13.0. The van der Waals surface area contributed by atoms with Crippen molar-refractivity contribution >= 4 is 21.8 Å². The number of amides is 1. The third-order valence-electron chi connectivity index (χ3n) is 2.82. The summed E-state index contributed by atoms with van der Waals surface area (Å²) in [5, 5.41) is 8.77. The summed E-state index contributed by atoms with van der Waals surface area (Å²) in [4.78, 5) is 13.2. The largest absolute Gasteiger partial charge is 0.492 e. The summed E-state index contributed by atoms with van der Waals surface area (Å²) in [5.41, 5.74) is 0. The van der Waals surface area contributed by atoms with Crippen molar-refractivity contribution in [1.82, 2.24) is 4.90 Å². The molecule has 0 aliphatic carbocycles. The zero-order valence-electron chi connectivity index (χ0n) is 9.80. The molecule has 0 radical (unpaired) electrons. The Hall–Kier alpha value is -1.54. The van der Waals surface area contributed by atoms with Gasteiger partial charge in [-0.25, -0.2) is 0 Å². The number of nitriles is 1. The Labute approximate surface area is 114 Å². The lowest BCUT2D eigenvalue weighted by atomic mass is 10.1. The highest BCUT2D eigenvalue weighted by Gasteiger charge is 2.28. The van der Waals surface area contributed by atoms with Crippen molar-refractivity contribution in [2.24, 2.45) is 5.92 Å². The van der Waals surface area contributed by atoms with Gasteiger partial charge in [-0.15, -0.1) is 0 Å². The van der Waals surface area contributed by atoms with Gasteiger partial charge in [-0.2, -0.15) is 5.26 Å². The summed E-state index contributed by atoms with van der Waals surface area (Å²) in [6.45, 7) is 1.50. The average molecular weight is 309 g/mol. The van der Waals surface area contributed by atoms with E-state index in [2.05, 4.69) is 22.0 Å². The van der Waals surface area contributed by atoms with Gasteiger partial charge in [-0.05, 0) is 18.2 Å². The number of halogens is 1. The Morgan fingerprint density at radius 3 is 3.06 bits per heavy atom. The number of ether oxygens (including phenoxy) is 1. The first kappa shape index (κ1) is 12.9. The van der Waals surface area contributed by atoms with E-state index in [1.807, 2.05) is 24.3 Å². The maximum atomic E-state index is 11.6. The lowest BCUT2D eigenvalue weighted by molar-refractivity contribution is -0.128. The van der Waals surface area contributed by atoms with Crippen LogP contribution in [0, 0.1) is 17.2 Å². The predicted octanol–water partition coefficient (Wildman–Crippen LogP) is 2.20. The van der Waals surface area contributed by atoms with Gasteiger partial charge in [0, 0.05) is 17.4 Å². The minimum Gasteiger partial charge on any atom is -0.492 e. The quantitative estimate of drug-likeness (QED) is 0.857. The maximum Gasteiger partial charge on any atom is 0.224 e. The second kappa shape index (κ2) is 5.87. The van der Waals surface area contributed by atoms with Crippen LogP contribution in [0.25, 0.3) is 0 Å². The number of carbonyl (C=O) groups is 1. The maximum absolute atomic E-state index is 11.6. The van der Waals surface area contributed by atoms with Gasteiger partial charge in [0.2, 0.25) is 5.91 Å². The highest BCUT2D eigenvalue weighted by atomic mass is 79.9. The zero-order valence-corrected chi connectivity index (χ0v) is 11.4. The minimum atomic E-state index is -0.164. The predicted molar refractivity (Wildman–Crippen MR) is 69.9 cm³/mol. The van der Waals surface area contributed by atoms with Crippen molar-refractivity contribution in [3.8, 4) is 11.8 Å². The molecular formula is C13H13BrN2O2. The van der Waals surface area contributed by atoms with Crippen LogP contribution in [0.2, 0.25) is 0 Å². The molecular weight excluding hydrogens is 296 g/mol.